The highest BCUT2D eigenvalue weighted by molar-refractivity contribution is 8.00. The Bertz CT molecular complexity index is 654. The van der Waals surface area contributed by atoms with Gasteiger partial charge in [0.25, 0.3) is 5.91 Å². The summed E-state index contributed by atoms with van der Waals surface area (Å²) >= 11 is 1.45. The van der Waals surface area contributed by atoms with Gasteiger partial charge in [0.2, 0.25) is 5.91 Å². The first-order valence-electron chi connectivity index (χ1n) is 7.71. The number of anilines is 1. The van der Waals surface area contributed by atoms with Crippen LogP contribution in [0.5, 0.6) is 0 Å². The van der Waals surface area contributed by atoms with Gasteiger partial charge in [0, 0.05) is 10.4 Å². The van der Waals surface area contributed by atoms with Crippen molar-refractivity contribution in [2.45, 2.75) is 44.2 Å². The van der Waals surface area contributed by atoms with Crippen molar-refractivity contribution in [3.8, 4) is 0 Å². The van der Waals surface area contributed by atoms with Gasteiger partial charge in [-0.15, -0.1) is 11.8 Å². The number of benzene rings is 1. The van der Waals surface area contributed by atoms with E-state index in [9.17, 15) is 14.4 Å². The largest absolute Gasteiger partial charge is 0.451 e. The average Bonchev–Trinajstić information content (AvgIpc) is 2.48. The maximum Gasteiger partial charge on any atom is 0.326 e. The van der Waals surface area contributed by atoms with Crippen LogP contribution in [0.25, 0.3) is 0 Å². The van der Waals surface area contributed by atoms with Crippen molar-refractivity contribution in [2.24, 2.45) is 0 Å². The van der Waals surface area contributed by atoms with Gasteiger partial charge in [0.05, 0.1) is 11.4 Å². The van der Waals surface area contributed by atoms with Crippen LogP contribution in [0, 0.1) is 0 Å². The number of nitrogens with zero attached hydrogens (tertiary/aromatic N) is 1. The van der Waals surface area contributed by atoms with Gasteiger partial charge in [0.1, 0.15) is 6.54 Å². The Hall–Kier alpha value is -2.02. The number of carbonyl (C=O) groups is 3. The van der Waals surface area contributed by atoms with Gasteiger partial charge in [-0.3, -0.25) is 19.3 Å². The number of esters is 1. The van der Waals surface area contributed by atoms with Crippen LogP contribution in [0.1, 0.15) is 27.7 Å². The van der Waals surface area contributed by atoms with Gasteiger partial charge in [-0.25, -0.2) is 0 Å². The lowest BCUT2D eigenvalue weighted by atomic mass is 10.1. The lowest BCUT2D eigenvalue weighted by molar-refractivity contribution is -0.154. The summed E-state index contributed by atoms with van der Waals surface area (Å²) in [7, 11) is 0. The predicted octanol–water partition coefficient (Wildman–Crippen LogP) is 1.97. The normalized spacial score (nSPS) is 15.5. The fourth-order valence-corrected chi connectivity index (χ4v) is 3.15. The maximum atomic E-state index is 12.1. The van der Waals surface area contributed by atoms with Crippen LogP contribution in [0.15, 0.2) is 29.2 Å². The van der Waals surface area contributed by atoms with Crippen molar-refractivity contribution in [3.63, 3.8) is 0 Å². The number of hydrogen-bond donors (Lipinski definition) is 1. The van der Waals surface area contributed by atoms with Crippen LogP contribution < -0.4 is 10.2 Å². The summed E-state index contributed by atoms with van der Waals surface area (Å²) in [6.45, 7) is 6.85. The van der Waals surface area contributed by atoms with E-state index in [1.807, 2.05) is 39.0 Å². The lowest BCUT2D eigenvalue weighted by Crippen LogP contribution is -2.47. The lowest BCUT2D eigenvalue weighted by Gasteiger charge is -2.28. The first-order chi connectivity index (χ1) is 11.2. The third-order valence-electron chi connectivity index (χ3n) is 3.27. The van der Waals surface area contributed by atoms with Crippen LogP contribution in [0.2, 0.25) is 0 Å². The first-order valence-corrected chi connectivity index (χ1v) is 8.69. The van der Waals surface area contributed by atoms with Crippen LogP contribution in [0.3, 0.4) is 0 Å². The highest BCUT2D eigenvalue weighted by Gasteiger charge is 2.28. The van der Waals surface area contributed by atoms with Crippen molar-refractivity contribution < 1.29 is 19.1 Å². The molecule has 1 aliphatic heterocycles. The second-order valence-electron chi connectivity index (χ2n) is 6.61. The standard InChI is InChI=1S/C17H22N2O4S/c1-11(16(22)18-17(2,3)4)23-15(21)9-19-12-7-5-6-8-13(12)24-10-14(19)20/h5-8,11H,9-10H2,1-4H3,(H,18,22). The maximum absolute atomic E-state index is 12.1. The fourth-order valence-electron chi connectivity index (χ4n) is 2.22. The van der Waals surface area contributed by atoms with Crippen molar-refractivity contribution in [2.75, 3.05) is 17.2 Å². The summed E-state index contributed by atoms with van der Waals surface area (Å²) in [5.74, 6) is -0.842. The molecule has 1 aliphatic rings. The van der Waals surface area contributed by atoms with Crippen LogP contribution in [-0.4, -0.2) is 41.7 Å². The molecule has 7 heteroatoms. The number of hydrogen-bond acceptors (Lipinski definition) is 5. The molecular weight excluding hydrogens is 328 g/mol. The molecule has 2 rings (SSSR count). The third kappa shape index (κ3) is 4.74. The van der Waals surface area contributed by atoms with Gasteiger partial charge < -0.3 is 10.1 Å². The van der Waals surface area contributed by atoms with E-state index in [0.29, 0.717) is 5.69 Å². The summed E-state index contributed by atoms with van der Waals surface area (Å²) in [4.78, 5) is 38.6. The Labute approximate surface area is 145 Å². The van der Waals surface area contributed by atoms with E-state index < -0.39 is 17.6 Å². The van der Waals surface area contributed by atoms with Crippen molar-refractivity contribution in [1.29, 1.82) is 0 Å². The van der Waals surface area contributed by atoms with Gasteiger partial charge >= 0.3 is 5.97 Å². The number of rotatable bonds is 4. The van der Waals surface area contributed by atoms with E-state index >= 15 is 0 Å². The molecule has 1 N–H and O–H groups in total. The average molecular weight is 350 g/mol. The number of thioether (sulfide) groups is 1. The second-order valence-corrected chi connectivity index (χ2v) is 7.62. The van der Waals surface area contributed by atoms with Crippen LogP contribution in [-0.2, 0) is 19.1 Å². The number of nitrogens with one attached hydrogen (secondary N) is 1. The summed E-state index contributed by atoms with van der Waals surface area (Å²) in [5, 5.41) is 2.75. The van der Waals surface area contributed by atoms with E-state index in [-0.39, 0.29) is 24.1 Å². The fraction of sp³-hybridized carbons (Fsp3) is 0.471. The Morgan fingerprint density at radius 1 is 1.33 bits per heavy atom. The Balaban J connectivity index is 2.00. The summed E-state index contributed by atoms with van der Waals surface area (Å²) in [6, 6.07) is 7.40. The van der Waals surface area contributed by atoms with E-state index in [2.05, 4.69) is 5.32 Å². The van der Waals surface area contributed by atoms with Crippen LogP contribution in [0.4, 0.5) is 5.69 Å². The Kier molecular flexibility index (Phi) is 5.54. The minimum atomic E-state index is -0.916. The molecule has 2 amide bonds. The van der Waals surface area contributed by atoms with Gasteiger partial charge in [-0.2, -0.15) is 0 Å². The van der Waals surface area contributed by atoms with Gasteiger partial charge in [-0.1, -0.05) is 12.1 Å². The minimum absolute atomic E-state index is 0.151. The van der Waals surface area contributed by atoms with E-state index in [1.165, 1.54) is 23.6 Å². The number of fused-ring (bicyclic) bond motifs is 1. The molecule has 1 unspecified atom stereocenters. The molecule has 0 spiro atoms. The summed E-state index contributed by atoms with van der Waals surface area (Å²) < 4.78 is 5.17. The van der Waals surface area contributed by atoms with E-state index in [4.69, 9.17) is 4.74 Å². The van der Waals surface area contributed by atoms with Crippen molar-refractivity contribution in [3.05, 3.63) is 24.3 Å². The van der Waals surface area contributed by atoms with Crippen LogP contribution >= 0.6 is 11.8 Å². The Morgan fingerprint density at radius 2 is 2.00 bits per heavy atom. The SMILES string of the molecule is CC(OC(=O)CN1C(=O)CSc2ccccc21)C(=O)NC(C)(C)C. The van der Waals surface area contributed by atoms with Crippen molar-refractivity contribution in [1.82, 2.24) is 5.32 Å². The molecule has 130 valence electrons. The number of ether oxygens (including phenoxy) is 1. The molecule has 0 saturated heterocycles. The molecule has 0 aromatic heterocycles. The number of para-hydroxylation sites is 1. The molecule has 1 atom stereocenters. The minimum Gasteiger partial charge on any atom is -0.451 e. The molecule has 24 heavy (non-hydrogen) atoms. The summed E-state index contributed by atoms with van der Waals surface area (Å²) in [5.41, 5.74) is 0.291. The predicted molar refractivity (Wildman–Crippen MR) is 93.0 cm³/mol. The quantitative estimate of drug-likeness (QED) is 0.840. The molecule has 0 radical (unpaired) electrons. The molecule has 6 nitrogen and oxygen atoms in total. The first kappa shape index (κ1) is 18.3. The molecule has 0 fully saturated rings. The van der Waals surface area contributed by atoms with Gasteiger partial charge in [-0.05, 0) is 39.8 Å². The second kappa shape index (κ2) is 7.25. The molecule has 1 aromatic carbocycles. The molecule has 0 aliphatic carbocycles. The zero-order valence-corrected chi connectivity index (χ0v) is 15.1. The molecule has 0 saturated carbocycles. The molecule has 1 heterocycles. The zero-order valence-electron chi connectivity index (χ0n) is 14.3. The monoisotopic (exact) mass is 350 g/mol. The third-order valence-corrected chi connectivity index (χ3v) is 4.32. The smallest absolute Gasteiger partial charge is 0.326 e. The molecule has 1 aromatic rings. The zero-order chi connectivity index (χ0) is 17.9. The van der Waals surface area contributed by atoms with Gasteiger partial charge in [0.15, 0.2) is 6.10 Å². The topological polar surface area (TPSA) is 75.7 Å². The highest BCUT2D eigenvalue weighted by Crippen LogP contribution is 2.34. The molecule has 0 bridgehead atoms. The number of amides is 2. The Morgan fingerprint density at radius 3 is 2.67 bits per heavy atom. The van der Waals surface area contributed by atoms with Crippen molar-refractivity contribution >= 4 is 35.2 Å². The number of carbonyl (C=O) groups excluding carboxylic acids is 3. The highest BCUT2D eigenvalue weighted by atomic mass is 32.2. The molecular formula is C17H22N2O4S. The van der Waals surface area contributed by atoms with E-state index in [0.717, 1.165) is 4.90 Å². The summed E-state index contributed by atoms with van der Waals surface area (Å²) in [6.07, 6.45) is -0.916. The van der Waals surface area contributed by atoms with E-state index in [1.54, 1.807) is 6.07 Å².